The van der Waals surface area contributed by atoms with Crippen molar-refractivity contribution in [2.75, 3.05) is 14.2 Å². The molecule has 4 rings (SSSR count). The summed E-state index contributed by atoms with van der Waals surface area (Å²) in [7, 11) is 3.67. The third kappa shape index (κ3) is 3.09. The Kier molecular flexibility index (Phi) is 5.53. The number of hydrogen-bond donors (Lipinski definition) is 1. The molecule has 0 radical (unpaired) electrons. The molecule has 1 N–H and O–H groups in total. The van der Waals surface area contributed by atoms with E-state index in [0.717, 1.165) is 5.56 Å². The van der Waals surface area contributed by atoms with Crippen molar-refractivity contribution < 1.29 is 38.4 Å². The summed E-state index contributed by atoms with van der Waals surface area (Å²) < 4.78 is 7.46. The molecule has 3 aromatic rings. The number of para-hydroxylation sites is 1. The van der Waals surface area contributed by atoms with Gasteiger partial charge in [0.15, 0.2) is 17.2 Å². The van der Waals surface area contributed by atoms with E-state index in [2.05, 4.69) is 67.9 Å². The van der Waals surface area contributed by atoms with Gasteiger partial charge in [-0.2, -0.15) is 4.58 Å². The van der Waals surface area contributed by atoms with Crippen LogP contribution in [-0.2, 0) is 5.41 Å². The highest BCUT2D eigenvalue weighted by atomic mass is 127. The van der Waals surface area contributed by atoms with Gasteiger partial charge in [0.2, 0.25) is 5.69 Å². The van der Waals surface area contributed by atoms with Gasteiger partial charge in [-0.05, 0) is 42.8 Å². The molecule has 0 bridgehead atoms. The molecule has 3 aromatic carbocycles. The van der Waals surface area contributed by atoms with E-state index in [4.69, 9.17) is 4.74 Å². The fourth-order valence-electron chi connectivity index (χ4n) is 4.20. The average Bonchev–Trinajstić information content (AvgIpc) is 2.87. The van der Waals surface area contributed by atoms with Crippen LogP contribution in [0.4, 0.5) is 5.69 Å². The lowest BCUT2D eigenvalue weighted by molar-refractivity contribution is -0.401. The number of rotatable bonds is 3. The van der Waals surface area contributed by atoms with Crippen molar-refractivity contribution in [3.8, 4) is 11.5 Å². The Morgan fingerprint density at radius 2 is 1.71 bits per heavy atom. The standard InChI is InChI=1S/C24H23NO2.HI/c1-24(2)21(15-13-17-9-7-11-20(27-4)23(17)26)25(3)19-14-12-16-8-5-6-10-18(16)22(19)24;/h5-15H,1-4H3;1H. The Bertz CT molecular complexity index is 1110. The molecular formula is C24H24INO2. The maximum absolute atomic E-state index is 10.4. The Morgan fingerprint density at radius 3 is 2.46 bits per heavy atom. The molecule has 1 heterocycles. The minimum absolute atomic E-state index is 0. The van der Waals surface area contributed by atoms with E-state index in [-0.39, 0.29) is 35.1 Å². The molecular weight excluding hydrogens is 461 g/mol. The maximum Gasteiger partial charge on any atom is 0.210 e. The van der Waals surface area contributed by atoms with Gasteiger partial charge in [-0.25, -0.2) is 0 Å². The van der Waals surface area contributed by atoms with Crippen LogP contribution < -0.4 is 28.7 Å². The molecule has 144 valence electrons. The van der Waals surface area contributed by atoms with Gasteiger partial charge in [-0.1, -0.05) is 36.4 Å². The van der Waals surface area contributed by atoms with Crippen LogP contribution in [-0.4, -0.2) is 29.6 Å². The van der Waals surface area contributed by atoms with Gasteiger partial charge < -0.3 is 33.8 Å². The number of benzene rings is 3. The summed E-state index contributed by atoms with van der Waals surface area (Å²) in [4.78, 5) is 0. The minimum atomic E-state index is -0.143. The van der Waals surface area contributed by atoms with E-state index in [1.807, 2.05) is 18.2 Å². The topological polar surface area (TPSA) is 32.5 Å². The van der Waals surface area contributed by atoms with Crippen LogP contribution in [0.15, 0.2) is 60.7 Å². The fourth-order valence-corrected chi connectivity index (χ4v) is 4.20. The van der Waals surface area contributed by atoms with Crippen LogP contribution in [0.25, 0.3) is 16.8 Å². The molecule has 0 atom stereocenters. The first-order valence-electron chi connectivity index (χ1n) is 9.12. The van der Waals surface area contributed by atoms with Crippen LogP contribution in [0.5, 0.6) is 11.5 Å². The highest BCUT2D eigenvalue weighted by Crippen LogP contribution is 2.43. The lowest BCUT2D eigenvalue weighted by Gasteiger charge is -2.17. The smallest absolute Gasteiger partial charge is 0.210 e. The highest BCUT2D eigenvalue weighted by Gasteiger charge is 2.44. The number of hydrogen-bond acceptors (Lipinski definition) is 2. The maximum atomic E-state index is 10.4. The molecule has 28 heavy (non-hydrogen) atoms. The number of phenolic OH excluding ortho intramolecular Hbond substituents is 1. The Morgan fingerprint density at radius 1 is 0.964 bits per heavy atom. The number of phenols is 1. The minimum Gasteiger partial charge on any atom is -1.00 e. The van der Waals surface area contributed by atoms with E-state index in [1.54, 1.807) is 13.2 Å². The first-order valence-corrected chi connectivity index (χ1v) is 9.12. The van der Waals surface area contributed by atoms with Crippen molar-refractivity contribution in [1.29, 1.82) is 0 Å². The highest BCUT2D eigenvalue weighted by molar-refractivity contribution is 6.09. The summed E-state index contributed by atoms with van der Waals surface area (Å²) in [5.41, 5.74) is 4.37. The summed E-state index contributed by atoms with van der Waals surface area (Å²) in [6.07, 6.45) is 4.06. The number of nitrogens with zero attached hydrogens (tertiary/aromatic N) is 1. The fraction of sp³-hybridized carbons (Fsp3) is 0.208. The quantitative estimate of drug-likeness (QED) is 0.456. The lowest BCUT2D eigenvalue weighted by Crippen LogP contribution is -3.00. The molecule has 3 nitrogen and oxygen atoms in total. The third-order valence-electron chi connectivity index (χ3n) is 5.57. The summed E-state index contributed by atoms with van der Waals surface area (Å²) in [6, 6.07) is 18.4. The first kappa shape index (κ1) is 20.4. The Hall–Kier alpha value is -2.34. The molecule has 0 saturated carbocycles. The summed E-state index contributed by atoms with van der Waals surface area (Å²) in [5.74, 6) is 0.647. The van der Waals surface area contributed by atoms with Gasteiger partial charge in [-0.15, -0.1) is 0 Å². The van der Waals surface area contributed by atoms with Crippen molar-refractivity contribution in [3.63, 3.8) is 0 Å². The van der Waals surface area contributed by atoms with E-state index >= 15 is 0 Å². The van der Waals surface area contributed by atoms with Crippen LogP contribution in [0.2, 0.25) is 0 Å². The number of ether oxygens (including phenoxy) is 1. The van der Waals surface area contributed by atoms with Crippen molar-refractivity contribution in [2.45, 2.75) is 19.3 Å². The number of methoxy groups -OCH3 is 1. The van der Waals surface area contributed by atoms with Crippen LogP contribution in [0, 0.1) is 0 Å². The van der Waals surface area contributed by atoms with Crippen molar-refractivity contribution in [3.05, 3.63) is 71.8 Å². The van der Waals surface area contributed by atoms with Crippen molar-refractivity contribution in [2.24, 2.45) is 0 Å². The van der Waals surface area contributed by atoms with E-state index in [0.29, 0.717) is 5.75 Å². The lowest BCUT2D eigenvalue weighted by atomic mass is 9.79. The summed E-state index contributed by atoms with van der Waals surface area (Å²) in [6.45, 7) is 4.51. The summed E-state index contributed by atoms with van der Waals surface area (Å²) >= 11 is 0. The molecule has 0 amide bonds. The molecule has 0 aliphatic carbocycles. The molecule has 0 saturated heterocycles. The number of fused-ring (bicyclic) bond motifs is 3. The molecule has 0 unspecified atom stereocenters. The van der Waals surface area contributed by atoms with Gasteiger partial charge in [0.05, 0.1) is 12.5 Å². The van der Waals surface area contributed by atoms with Gasteiger partial charge in [0, 0.05) is 23.3 Å². The molecule has 0 spiro atoms. The van der Waals surface area contributed by atoms with Crippen molar-refractivity contribution >= 4 is 28.2 Å². The van der Waals surface area contributed by atoms with Gasteiger partial charge in [0.25, 0.3) is 0 Å². The Balaban J connectivity index is 0.00000225. The van der Waals surface area contributed by atoms with Gasteiger partial charge in [-0.3, -0.25) is 0 Å². The van der Waals surface area contributed by atoms with Gasteiger partial charge >= 0.3 is 0 Å². The molecule has 0 aromatic heterocycles. The predicted octanol–water partition coefficient (Wildman–Crippen LogP) is 2.28. The van der Waals surface area contributed by atoms with Crippen LogP contribution >= 0.6 is 0 Å². The number of allylic oxidation sites excluding steroid dienone is 1. The molecule has 1 aliphatic rings. The monoisotopic (exact) mass is 485 g/mol. The largest absolute Gasteiger partial charge is 1.00 e. The Labute approximate surface area is 183 Å². The predicted molar refractivity (Wildman–Crippen MR) is 112 cm³/mol. The summed E-state index contributed by atoms with van der Waals surface area (Å²) in [5, 5.41) is 12.9. The molecule has 0 fully saturated rings. The first-order chi connectivity index (χ1) is 12.9. The molecule has 4 heteroatoms. The molecule has 1 aliphatic heterocycles. The SMILES string of the molecule is COc1cccc(/C=C/C2=[N+](C)c3ccc4ccccc4c3C2(C)C)c1O.[I-]. The van der Waals surface area contributed by atoms with E-state index < -0.39 is 0 Å². The second-order valence-electron chi connectivity index (χ2n) is 7.48. The normalized spacial score (nSPS) is 15.0. The number of halogens is 1. The van der Waals surface area contributed by atoms with E-state index in [9.17, 15) is 5.11 Å². The number of aromatic hydroxyl groups is 1. The van der Waals surface area contributed by atoms with Gasteiger partial charge in [0.1, 0.15) is 7.05 Å². The zero-order valence-corrected chi connectivity index (χ0v) is 18.7. The van der Waals surface area contributed by atoms with Crippen molar-refractivity contribution in [1.82, 2.24) is 0 Å². The second-order valence-corrected chi connectivity index (χ2v) is 7.48. The van der Waals surface area contributed by atoms with Crippen LogP contribution in [0.3, 0.4) is 0 Å². The zero-order chi connectivity index (χ0) is 19.2. The third-order valence-corrected chi connectivity index (χ3v) is 5.57. The van der Waals surface area contributed by atoms with E-state index in [1.165, 1.54) is 27.7 Å². The average molecular weight is 485 g/mol. The van der Waals surface area contributed by atoms with Crippen LogP contribution in [0.1, 0.15) is 25.0 Å². The second kappa shape index (κ2) is 7.59. The zero-order valence-electron chi connectivity index (χ0n) is 16.5.